The quantitative estimate of drug-likeness (QED) is 0.650. The molecule has 0 radical (unpaired) electrons. The van der Waals surface area contributed by atoms with E-state index in [4.69, 9.17) is 0 Å². The topological polar surface area (TPSA) is 87.3 Å². The van der Waals surface area contributed by atoms with Crippen LogP contribution >= 0.6 is 0 Å². The van der Waals surface area contributed by atoms with Crippen molar-refractivity contribution >= 4 is 34.7 Å². The normalized spacial score (nSPS) is 10.9. The number of carbonyl (C=O) groups excluding carboxylic acids is 3. The molecule has 0 aliphatic heterocycles. The lowest BCUT2D eigenvalue weighted by molar-refractivity contribution is -0.137. The van der Waals surface area contributed by atoms with Gasteiger partial charge in [-0.1, -0.05) is 12.1 Å². The van der Waals surface area contributed by atoms with E-state index in [1.807, 2.05) is 0 Å². The van der Waals surface area contributed by atoms with Crippen LogP contribution in [0.5, 0.6) is 0 Å². The van der Waals surface area contributed by atoms with E-state index in [9.17, 15) is 27.6 Å². The van der Waals surface area contributed by atoms with Gasteiger partial charge in [0.25, 0.3) is 0 Å². The zero-order chi connectivity index (χ0) is 20.9. The van der Waals surface area contributed by atoms with Gasteiger partial charge in [-0.05, 0) is 37.3 Å². The van der Waals surface area contributed by atoms with Gasteiger partial charge in [-0.2, -0.15) is 13.2 Å². The smallest absolute Gasteiger partial charge is 0.376 e. The summed E-state index contributed by atoms with van der Waals surface area (Å²) in [5, 5.41) is 7.22. The molecule has 0 heterocycles. The van der Waals surface area contributed by atoms with Gasteiger partial charge in [-0.3, -0.25) is 14.4 Å². The number of halogens is 3. The van der Waals surface area contributed by atoms with Crippen molar-refractivity contribution in [1.82, 2.24) is 0 Å². The monoisotopic (exact) mass is 393 g/mol. The first-order chi connectivity index (χ1) is 13.1. The molecule has 0 aliphatic carbocycles. The van der Waals surface area contributed by atoms with E-state index in [1.54, 1.807) is 12.1 Å². The van der Waals surface area contributed by atoms with E-state index in [0.29, 0.717) is 5.56 Å². The van der Waals surface area contributed by atoms with Crippen LogP contribution in [0.3, 0.4) is 0 Å². The maximum Gasteiger partial charge on any atom is 0.418 e. The molecule has 0 fully saturated rings. The molecule has 9 heteroatoms. The van der Waals surface area contributed by atoms with Crippen molar-refractivity contribution in [1.29, 1.82) is 0 Å². The molecule has 0 bridgehead atoms. The van der Waals surface area contributed by atoms with Gasteiger partial charge in [0.15, 0.2) is 5.78 Å². The summed E-state index contributed by atoms with van der Waals surface area (Å²) in [5.74, 6) is -1.37. The fourth-order valence-corrected chi connectivity index (χ4v) is 2.48. The highest BCUT2D eigenvalue weighted by atomic mass is 19.4. The number of hydrogen-bond donors (Lipinski definition) is 3. The molecule has 2 aromatic rings. The van der Waals surface area contributed by atoms with Crippen LogP contribution in [0.25, 0.3) is 0 Å². The van der Waals surface area contributed by atoms with Gasteiger partial charge < -0.3 is 16.0 Å². The average molecular weight is 393 g/mol. The predicted molar refractivity (Wildman–Crippen MR) is 99.3 cm³/mol. The van der Waals surface area contributed by atoms with Gasteiger partial charge in [0, 0.05) is 23.9 Å². The molecule has 2 amide bonds. The van der Waals surface area contributed by atoms with Gasteiger partial charge >= 0.3 is 6.18 Å². The van der Waals surface area contributed by atoms with Crippen molar-refractivity contribution in [3.8, 4) is 0 Å². The highest BCUT2D eigenvalue weighted by Gasteiger charge is 2.34. The average Bonchev–Trinajstić information content (AvgIpc) is 2.59. The van der Waals surface area contributed by atoms with Crippen LogP contribution < -0.4 is 16.0 Å². The second-order valence-corrected chi connectivity index (χ2v) is 5.94. The fraction of sp³-hybridized carbons (Fsp3) is 0.211. The Balaban J connectivity index is 2.14. The van der Waals surface area contributed by atoms with Gasteiger partial charge in [0.1, 0.15) is 0 Å². The summed E-state index contributed by atoms with van der Waals surface area (Å²) in [5.41, 5.74) is -0.761. The number of ketones is 1. The van der Waals surface area contributed by atoms with Gasteiger partial charge in [-0.25, -0.2) is 0 Å². The number of rotatable bonds is 6. The Kier molecular flexibility index (Phi) is 6.40. The van der Waals surface area contributed by atoms with Crippen molar-refractivity contribution < 1.29 is 27.6 Å². The van der Waals surface area contributed by atoms with Crippen molar-refractivity contribution in [3.63, 3.8) is 0 Å². The molecule has 3 N–H and O–H groups in total. The van der Waals surface area contributed by atoms with E-state index < -0.39 is 30.1 Å². The van der Waals surface area contributed by atoms with Crippen molar-refractivity contribution in [3.05, 3.63) is 53.6 Å². The summed E-state index contributed by atoms with van der Waals surface area (Å²) >= 11 is 0. The van der Waals surface area contributed by atoms with Crippen molar-refractivity contribution in [2.75, 3.05) is 22.5 Å². The Morgan fingerprint density at radius 1 is 0.929 bits per heavy atom. The van der Waals surface area contributed by atoms with Gasteiger partial charge in [0.05, 0.1) is 17.8 Å². The minimum atomic E-state index is -4.69. The molecule has 6 nitrogen and oxygen atoms in total. The number of para-hydroxylation sites is 1. The SMILES string of the molecule is CC(=O)Nc1ccc(NCC(=O)Nc2ccccc2C(C)=O)c(C(F)(F)F)c1. The van der Waals surface area contributed by atoms with Crippen molar-refractivity contribution in [2.24, 2.45) is 0 Å². The van der Waals surface area contributed by atoms with Crippen LogP contribution in [0.15, 0.2) is 42.5 Å². The minimum Gasteiger partial charge on any atom is -0.376 e. The standard InChI is InChI=1S/C19H18F3N3O3/c1-11(26)14-5-3-4-6-16(14)25-18(28)10-23-17-8-7-13(24-12(2)27)9-15(17)19(20,21)22/h3-9,23H,10H2,1-2H3,(H,24,27)(H,25,28). The summed E-state index contributed by atoms with van der Waals surface area (Å²) in [6.07, 6.45) is -4.69. The lowest BCUT2D eigenvalue weighted by atomic mass is 10.1. The second kappa shape index (κ2) is 8.55. The number of carbonyl (C=O) groups is 3. The van der Waals surface area contributed by atoms with E-state index in [0.717, 1.165) is 12.1 Å². The molecule has 0 aromatic heterocycles. The Hall–Kier alpha value is -3.36. The number of amides is 2. The van der Waals surface area contributed by atoms with Gasteiger partial charge in [-0.15, -0.1) is 0 Å². The van der Waals surface area contributed by atoms with Crippen LogP contribution in [-0.2, 0) is 15.8 Å². The number of nitrogens with one attached hydrogen (secondary N) is 3. The first kappa shape index (κ1) is 20.9. The van der Waals surface area contributed by atoms with Crippen LogP contribution in [0.2, 0.25) is 0 Å². The number of benzene rings is 2. The minimum absolute atomic E-state index is 0.00906. The molecule has 0 saturated heterocycles. The predicted octanol–water partition coefficient (Wildman–Crippen LogP) is 3.92. The Morgan fingerprint density at radius 3 is 2.21 bits per heavy atom. The van der Waals surface area contributed by atoms with Crippen molar-refractivity contribution in [2.45, 2.75) is 20.0 Å². The number of alkyl halides is 3. The molecule has 0 unspecified atom stereocenters. The Bertz CT molecular complexity index is 911. The van der Waals surface area contributed by atoms with Crippen LogP contribution in [-0.4, -0.2) is 24.1 Å². The molecule has 0 saturated carbocycles. The summed E-state index contributed by atoms with van der Waals surface area (Å²) in [7, 11) is 0. The van der Waals surface area contributed by atoms with E-state index >= 15 is 0 Å². The third kappa shape index (κ3) is 5.57. The first-order valence-corrected chi connectivity index (χ1v) is 8.20. The summed E-state index contributed by atoms with van der Waals surface area (Å²) in [4.78, 5) is 34.7. The lowest BCUT2D eigenvalue weighted by Gasteiger charge is -2.16. The third-order valence-electron chi connectivity index (χ3n) is 3.67. The van der Waals surface area contributed by atoms with E-state index in [1.165, 1.54) is 32.0 Å². The summed E-state index contributed by atoms with van der Waals surface area (Å²) in [6.45, 7) is 2.08. The highest BCUT2D eigenvalue weighted by molar-refractivity contribution is 6.04. The number of Topliss-reactive ketones (excluding diaryl/α,β-unsaturated/α-hetero) is 1. The number of anilines is 3. The molecular formula is C19H18F3N3O3. The molecular weight excluding hydrogens is 375 g/mol. The molecule has 28 heavy (non-hydrogen) atoms. The highest BCUT2D eigenvalue weighted by Crippen LogP contribution is 2.36. The lowest BCUT2D eigenvalue weighted by Crippen LogP contribution is -2.24. The number of hydrogen-bond acceptors (Lipinski definition) is 4. The van der Waals surface area contributed by atoms with Crippen LogP contribution in [0.4, 0.5) is 30.2 Å². The maximum absolute atomic E-state index is 13.3. The molecule has 2 rings (SSSR count). The molecule has 2 aromatic carbocycles. The van der Waals surface area contributed by atoms with Crippen LogP contribution in [0, 0.1) is 0 Å². The Morgan fingerprint density at radius 2 is 1.61 bits per heavy atom. The summed E-state index contributed by atoms with van der Waals surface area (Å²) < 4.78 is 39.9. The van der Waals surface area contributed by atoms with Crippen LogP contribution in [0.1, 0.15) is 29.8 Å². The third-order valence-corrected chi connectivity index (χ3v) is 3.67. The molecule has 0 atom stereocenters. The second-order valence-electron chi connectivity index (χ2n) is 5.94. The fourth-order valence-electron chi connectivity index (χ4n) is 2.48. The first-order valence-electron chi connectivity index (χ1n) is 8.20. The maximum atomic E-state index is 13.3. The van der Waals surface area contributed by atoms with E-state index in [-0.39, 0.29) is 22.8 Å². The summed E-state index contributed by atoms with van der Waals surface area (Å²) in [6, 6.07) is 9.53. The van der Waals surface area contributed by atoms with E-state index in [2.05, 4.69) is 16.0 Å². The molecule has 0 spiro atoms. The zero-order valence-electron chi connectivity index (χ0n) is 15.1. The molecule has 0 aliphatic rings. The molecule has 148 valence electrons. The Labute approximate surface area is 159 Å². The zero-order valence-corrected chi connectivity index (χ0v) is 15.1. The van der Waals surface area contributed by atoms with Gasteiger partial charge in [0.2, 0.25) is 11.8 Å². The largest absolute Gasteiger partial charge is 0.418 e.